The van der Waals surface area contributed by atoms with Crippen LogP contribution in [0.5, 0.6) is 0 Å². The van der Waals surface area contributed by atoms with Gasteiger partial charge in [0.05, 0.1) is 0 Å². The van der Waals surface area contributed by atoms with Crippen molar-refractivity contribution in [1.29, 1.82) is 0 Å². The zero-order valence-electron chi connectivity index (χ0n) is 14.8. The maximum Gasteiger partial charge on any atom is 0.323 e. The molecule has 2 aromatic carbocycles. The van der Waals surface area contributed by atoms with E-state index < -0.39 is 0 Å². The molecule has 0 atom stereocenters. The normalized spacial score (nSPS) is 13.8. The van der Waals surface area contributed by atoms with Crippen LogP contribution < -0.4 is 15.5 Å². The Labute approximate surface area is 163 Å². The number of rotatable bonds is 4. The molecule has 0 aliphatic carbocycles. The van der Waals surface area contributed by atoms with Crippen LogP contribution in [0.1, 0.15) is 0 Å². The van der Waals surface area contributed by atoms with Crippen LogP contribution in [0.3, 0.4) is 0 Å². The number of carbonyl (C=O) groups is 2. The lowest BCUT2D eigenvalue weighted by Crippen LogP contribution is -2.48. The van der Waals surface area contributed by atoms with Crippen LogP contribution in [-0.4, -0.2) is 43.0 Å². The maximum atomic E-state index is 12.1. The van der Waals surface area contributed by atoms with Gasteiger partial charge in [-0.25, -0.2) is 4.79 Å². The first kappa shape index (κ1) is 18.8. The van der Waals surface area contributed by atoms with Crippen LogP contribution >= 0.6 is 11.6 Å². The highest BCUT2D eigenvalue weighted by molar-refractivity contribution is 6.30. The van der Waals surface area contributed by atoms with E-state index in [1.807, 2.05) is 24.3 Å². The summed E-state index contributed by atoms with van der Waals surface area (Å²) in [6.45, 7) is 6.40. The minimum atomic E-state index is -0.332. The number of halogens is 1. The molecule has 0 saturated carbocycles. The smallest absolute Gasteiger partial charge is 0.323 e. The molecule has 0 spiro atoms. The fourth-order valence-corrected chi connectivity index (χ4v) is 3.12. The van der Waals surface area contributed by atoms with E-state index in [4.69, 9.17) is 11.6 Å². The minimum absolute atomic E-state index is 0.0279. The maximum absolute atomic E-state index is 12.1. The molecule has 3 rings (SSSR count). The molecule has 0 aromatic heterocycles. The van der Waals surface area contributed by atoms with E-state index in [2.05, 4.69) is 22.1 Å². The van der Waals surface area contributed by atoms with Crippen molar-refractivity contribution in [3.63, 3.8) is 0 Å². The molecular formula is C20H21ClN4O2. The Balaban J connectivity index is 1.54. The molecule has 0 radical (unpaired) electrons. The van der Waals surface area contributed by atoms with Gasteiger partial charge in [0.1, 0.15) is 0 Å². The molecule has 1 aliphatic rings. The summed E-state index contributed by atoms with van der Waals surface area (Å²) in [7, 11) is 0. The summed E-state index contributed by atoms with van der Waals surface area (Å²) < 4.78 is 0. The van der Waals surface area contributed by atoms with Gasteiger partial charge in [-0.2, -0.15) is 0 Å². The van der Waals surface area contributed by atoms with Gasteiger partial charge in [0, 0.05) is 48.3 Å². The Morgan fingerprint density at radius 1 is 0.963 bits per heavy atom. The Morgan fingerprint density at radius 3 is 2.26 bits per heavy atom. The van der Waals surface area contributed by atoms with Gasteiger partial charge in [-0.1, -0.05) is 24.2 Å². The highest BCUT2D eigenvalue weighted by Gasteiger charge is 2.19. The first-order valence-corrected chi connectivity index (χ1v) is 9.03. The molecule has 1 aliphatic heterocycles. The molecule has 0 bridgehead atoms. The van der Waals surface area contributed by atoms with Crippen molar-refractivity contribution in [2.45, 2.75) is 0 Å². The van der Waals surface area contributed by atoms with E-state index in [0.29, 0.717) is 29.5 Å². The van der Waals surface area contributed by atoms with Gasteiger partial charge in [0.15, 0.2) is 0 Å². The van der Waals surface area contributed by atoms with Gasteiger partial charge < -0.3 is 20.4 Å². The van der Waals surface area contributed by atoms with Crippen molar-refractivity contribution < 1.29 is 9.59 Å². The number of hydrogen-bond acceptors (Lipinski definition) is 3. The molecule has 6 nitrogen and oxygen atoms in total. The van der Waals surface area contributed by atoms with E-state index in [1.165, 1.54) is 6.08 Å². The Kier molecular flexibility index (Phi) is 5.98. The molecule has 2 N–H and O–H groups in total. The lowest BCUT2D eigenvalue weighted by atomic mass is 10.2. The Morgan fingerprint density at radius 2 is 1.63 bits per heavy atom. The summed E-state index contributed by atoms with van der Waals surface area (Å²) in [6, 6.07) is 14.3. The molecule has 0 unspecified atom stereocenters. The molecule has 1 fully saturated rings. The second-order valence-electron chi connectivity index (χ2n) is 6.15. The number of benzene rings is 2. The Bertz CT molecular complexity index is 830. The van der Waals surface area contributed by atoms with Gasteiger partial charge in [0.25, 0.3) is 0 Å². The molecule has 7 heteroatoms. The van der Waals surface area contributed by atoms with Crippen molar-refractivity contribution in [2.24, 2.45) is 0 Å². The highest BCUT2D eigenvalue weighted by atomic mass is 35.5. The number of carbonyl (C=O) groups excluding carboxylic acids is 2. The quantitative estimate of drug-likeness (QED) is 0.787. The number of anilines is 3. The lowest BCUT2D eigenvalue weighted by molar-refractivity contribution is -0.126. The van der Waals surface area contributed by atoms with Crippen molar-refractivity contribution in [3.05, 3.63) is 66.2 Å². The third kappa shape index (κ3) is 5.01. The van der Waals surface area contributed by atoms with E-state index in [-0.39, 0.29) is 11.9 Å². The van der Waals surface area contributed by atoms with Gasteiger partial charge in [-0.3, -0.25) is 4.79 Å². The van der Waals surface area contributed by atoms with E-state index in [0.717, 1.165) is 18.8 Å². The zero-order chi connectivity index (χ0) is 19.2. The molecule has 1 saturated heterocycles. The van der Waals surface area contributed by atoms with E-state index >= 15 is 0 Å². The fourth-order valence-electron chi connectivity index (χ4n) is 2.93. The van der Waals surface area contributed by atoms with Crippen LogP contribution in [0.15, 0.2) is 61.2 Å². The topological polar surface area (TPSA) is 64.7 Å². The predicted octanol–water partition coefficient (Wildman–Crippen LogP) is 3.82. The predicted molar refractivity (Wildman–Crippen MR) is 110 cm³/mol. The van der Waals surface area contributed by atoms with Crippen LogP contribution in [0, 0.1) is 0 Å². The Hall–Kier alpha value is -2.99. The van der Waals surface area contributed by atoms with E-state index in [9.17, 15) is 9.59 Å². The summed E-state index contributed by atoms with van der Waals surface area (Å²) in [5, 5.41) is 6.10. The number of piperazine rings is 1. The van der Waals surface area contributed by atoms with Crippen molar-refractivity contribution in [2.75, 3.05) is 41.7 Å². The fraction of sp³-hybridized carbons (Fsp3) is 0.200. The first-order chi connectivity index (χ1) is 13.0. The monoisotopic (exact) mass is 384 g/mol. The number of amides is 3. The number of nitrogens with zero attached hydrogens (tertiary/aromatic N) is 2. The second kappa shape index (κ2) is 8.60. The average Bonchev–Trinajstić information content (AvgIpc) is 2.68. The van der Waals surface area contributed by atoms with Crippen molar-refractivity contribution in [3.8, 4) is 0 Å². The van der Waals surface area contributed by atoms with Crippen LogP contribution in [0.4, 0.5) is 21.9 Å². The third-order valence-electron chi connectivity index (χ3n) is 4.34. The van der Waals surface area contributed by atoms with Gasteiger partial charge in [-0.15, -0.1) is 0 Å². The van der Waals surface area contributed by atoms with Crippen LogP contribution in [0.25, 0.3) is 0 Å². The average molecular weight is 385 g/mol. The van der Waals surface area contributed by atoms with Crippen molar-refractivity contribution >= 4 is 40.6 Å². The zero-order valence-corrected chi connectivity index (χ0v) is 15.6. The minimum Gasteiger partial charge on any atom is -0.368 e. The van der Waals surface area contributed by atoms with Crippen LogP contribution in [-0.2, 0) is 4.79 Å². The molecule has 3 amide bonds. The van der Waals surface area contributed by atoms with Crippen molar-refractivity contribution in [1.82, 2.24) is 4.90 Å². The number of hydrogen-bond donors (Lipinski definition) is 2. The van der Waals surface area contributed by atoms with Gasteiger partial charge in [0.2, 0.25) is 5.91 Å². The molecular weight excluding hydrogens is 364 g/mol. The summed E-state index contributed by atoms with van der Waals surface area (Å²) >= 11 is 5.91. The summed E-state index contributed by atoms with van der Waals surface area (Å²) in [5.74, 6) is -0.0279. The SMILES string of the molecule is C=CC(=O)N1CCN(c2ccc(NC(=O)Nc3cccc(Cl)c3)cc2)CC1. The number of nitrogens with one attached hydrogen (secondary N) is 2. The standard InChI is InChI=1S/C20H21ClN4O2/c1-2-19(26)25-12-10-24(11-13-25)18-8-6-16(7-9-18)22-20(27)23-17-5-3-4-15(21)14-17/h2-9,14H,1,10-13H2,(H2,22,23,27). The third-order valence-corrected chi connectivity index (χ3v) is 4.57. The van der Waals surface area contributed by atoms with Gasteiger partial charge >= 0.3 is 6.03 Å². The summed E-state index contributed by atoms with van der Waals surface area (Å²) in [6.07, 6.45) is 1.35. The largest absolute Gasteiger partial charge is 0.368 e. The van der Waals surface area contributed by atoms with Crippen LogP contribution in [0.2, 0.25) is 5.02 Å². The van der Waals surface area contributed by atoms with Gasteiger partial charge in [-0.05, 0) is 48.5 Å². The summed E-state index contributed by atoms with van der Waals surface area (Å²) in [4.78, 5) is 27.7. The second-order valence-corrected chi connectivity index (χ2v) is 6.59. The first-order valence-electron chi connectivity index (χ1n) is 8.65. The number of urea groups is 1. The lowest BCUT2D eigenvalue weighted by Gasteiger charge is -2.35. The highest BCUT2D eigenvalue weighted by Crippen LogP contribution is 2.20. The van der Waals surface area contributed by atoms with E-state index in [1.54, 1.807) is 29.2 Å². The summed E-state index contributed by atoms with van der Waals surface area (Å²) in [5.41, 5.74) is 2.38. The molecule has 2 aromatic rings. The molecule has 140 valence electrons. The molecule has 27 heavy (non-hydrogen) atoms. The molecule has 1 heterocycles.